The molecule has 2 saturated heterocycles. The lowest BCUT2D eigenvalue weighted by Gasteiger charge is -2.31. The zero-order chi connectivity index (χ0) is 45.9. The number of alkyl carbamates (subject to hydrolysis) is 1. The van der Waals surface area contributed by atoms with Crippen molar-refractivity contribution in [3.63, 3.8) is 0 Å². The van der Waals surface area contributed by atoms with Gasteiger partial charge in [0.1, 0.15) is 12.1 Å². The van der Waals surface area contributed by atoms with Crippen LogP contribution in [-0.4, -0.2) is 89.7 Å². The number of aliphatic hydroxyl groups is 1. The summed E-state index contributed by atoms with van der Waals surface area (Å²) in [5, 5.41) is 15.0. The Morgan fingerprint density at radius 3 is 1.37 bits per heavy atom. The first-order valence-corrected chi connectivity index (χ1v) is 23.0. The molecule has 2 fully saturated rings. The van der Waals surface area contributed by atoms with Gasteiger partial charge >= 0.3 is 6.09 Å². The van der Waals surface area contributed by atoms with Crippen LogP contribution in [0.1, 0.15) is 117 Å². The first-order chi connectivity index (χ1) is 31.4. The molecule has 0 spiro atoms. The average Bonchev–Trinajstić information content (AvgIpc) is 3.59. The zero-order valence-electron chi connectivity index (χ0n) is 38.2. The molecule has 0 unspecified atom stereocenters. The molecule has 65 heavy (non-hydrogen) atoms. The van der Waals surface area contributed by atoms with Crippen LogP contribution < -0.4 is 10.6 Å². The van der Waals surface area contributed by atoms with E-state index in [4.69, 9.17) is 4.74 Å². The standard InChI is InChI=1S/C28H32N2O3.C27H30N2O3/c1-2-7-26(32)29-23(19-31)18-27(33)30-16-14-22(15-17-30)28-24-10-5-3-8-20(24)12-13-21-9-4-6-11-25(21)28;1-27(2,3)32-26(31)28-18-24(30)29-16-14-21(15-17-29)25-22-10-6-4-8-19(22)12-13-20-9-5-7-11-23(20)25/h3-6,8-13,23,31H,2,7,14-19H2,1H3,(H,29,32);4-13H,14-18H2,1-3H3,(H,28,31)/t23-;/m1./s1. The lowest BCUT2D eigenvalue weighted by molar-refractivity contribution is -0.133. The quantitative estimate of drug-likeness (QED) is 0.140. The van der Waals surface area contributed by atoms with Crippen molar-refractivity contribution in [3.8, 4) is 0 Å². The predicted molar refractivity (Wildman–Crippen MR) is 260 cm³/mol. The summed E-state index contributed by atoms with van der Waals surface area (Å²) in [7, 11) is 0. The van der Waals surface area contributed by atoms with Crippen LogP contribution >= 0.6 is 0 Å². The summed E-state index contributed by atoms with van der Waals surface area (Å²) in [6.07, 6.45) is 12.7. The summed E-state index contributed by atoms with van der Waals surface area (Å²) < 4.78 is 5.22. The molecule has 4 aromatic rings. The molecule has 0 aromatic heterocycles. The summed E-state index contributed by atoms with van der Waals surface area (Å²) >= 11 is 0. The number of carbonyl (C=O) groups is 4. The molecule has 2 aliphatic heterocycles. The number of piperidine rings is 2. The van der Waals surface area contributed by atoms with E-state index in [-0.39, 0.29) is 37.3 Å². The fraction of sp³-hybridized carbons (Fsp3) is 0.345. The first kappa shape index (κ1) is 46.5. The van der Waals surface area contributed by atoms with Gasteiger partial charge in [-0.1, -0.05) is 139 Å². The second-order valence-corrected chi connectivity index (χ2v) is 18.0. The highest BCUT2D eigenvalue weighted by Crippen LogP contribution is 2.40. The third-order valence-corrected chi connectivity index (χ3v) is 12.2. The van der Waals surface area contributed by atoms with E-state index in [1.165, 1.54) is 66.8 Å². The fourth-order valence-corrected chi connectivity index (χ4v) is 9.04. The Morgan fingerprint density at radius 1 is 0.615 bits per heavy atom. The first-order valence-electron chi connectivity index (χ1n) is 23.0. The number of benzene rings is 4. The number of aliphatic hydroxyl groups excluding tert-OH is 1. The number of nitrogens with one attached hydrogen (secondary N) is 2. The van der Waals surface area contributed by atoms with Gasteiger partial charge in [-0.2, -0.15) is 0 Å². The summed E-state index contributed by atoms with van der Waals surface area (Å²) in [5.74, 6) is -0.212. The van der Waals surface area contributed by atoms with Crippen LogP contribution in [0, 0.1) is 0 Å². The maximum atomic E-state index is 12.9. The van der Waals surface area contributed by atoms with Crippen LogP contribution in [-0.2, 0) is 19.1 Å². The van der Waals surface area contributed by atoms with E-state index in [0.717, 1.165) is 32.1 Å². The molecule has 1 atom stereocenters. The molecule has 10 heteroatoms. The second kappa shape index (κ2) is 21.4. The number of hydrogen-bond acceptors (Lipinski definition) is 6. The molecule has 3 N–H and O–H groups in total. The number of rotatable bonds is 8. The van der Waals surface area contributed by atoms with E-state index in [1.54, 1.807) is 20.8 Å². The molecular weight excluding hydrogens is 813 g/mol. The van der Waals surface area contributed by atoms with Crippen molar-refractivity contribution in [1.82, 2.24) is 20.4 Å². The average molecular weight is 875 g/mol. The minimum atomic E-state index is -0.584. The highest BCUT2D eigenvalue weighted by atomic mass is 16.6. The van der Waals surface area contributed by atoms with Crippen molar-refractivity contribution in [1.29, 1.82) is 0 Å². The van der Waals surface area contributed by atoms with Crippen molar-refractivity contribution in [2.24, 2.45) is 0 Å². The van der Waals surface area contributed by atoms with Gasteiger partial charge in [0.2, 0.25) is 17.7 Å². The van der Waals surface area contributed by atoms with Crippen molar-refractivity contribution in [2.45, 2.75) is 84.3 Å². The predicted octanol–water partition coefficient (Wildman–Crippen LogP) is 9.38. The van der Waals surface area contributed by atoms with E-state index in [0.29, 0.717) is 32.6 Å². The minimum absolute atomic E-state index is 0.0155. The Hall–Kier alpha value is -6.52. The van der Waals surface area contributed by atoms with Crippen molar-refractivity contribution < 1.29 is 29.0 Å². The normalized spacial score (nSPS) is 15.8. The van der Waals surface area contributed by atoms with Crippen LogP contribution in [0.4, 0.5) is 4.79 Å². The van der Waals surface area contributed by atoms with E-state index in [1.807, 2.05) is 16.7 Å². The number of likely N-dealkylation sites (tertiary alicyclic amines) is 2. The molecule has 4 aromatic carbocycles. The van der Waals surface area contributed by atoms with Gasteiger partial charge in [-0.25, -0.2) is 4.79 Å². The van der Waals surface area contributed by atoms with E-state index in [2.05, 4.69) is 132 Å². The molecule has 10 nitrogen and oxygen atoms in total. The molecule has 4 amide bonds. The highest BCUT2D eigenvalue weighted by molar-refractivity contribution is 5.96. The molecule has 8 rings (SSSR count). The van der Waals surface area contributed by atoms with Crippen LogP contribution in [0.2, 0.25) is 0 Å². The summed E-state index contributed by atoms with van der Waals surface area (Å²) in [4.78, 5) is 52.9. The lowest BCUT2D eigenvalue weighted by atomic mass is 9.86. The van der Waals surface area contributed by atoms with Crippen LogP contribution in [0.15, 0.2) is 108 Å². The molecule has 338 valence electrons. The minimum Gasteiger partial charge on any atom is -0.444 e. The van der Waals surface area contributed by atoms with Gasteiger partial charge in [0, 0.05) is 39.0 Å². The maximum Gasteiger partial charge on any atom is 0.408 e. The van der Waals surface area contributed by atoms with Crippen LogP contribution in [0.3, 0.4) is 0 Å². The third kappa shape index (κ3) is 11.8. The topological polar surface area (TPSA) is 128 Å². The van der Waals surface area contributed by atoms with Gasteiger partial charge in [0.05, 0.1) is 12.6 Å². The molecule has 0 radical (unpaired) electrons. The van der Waals surface area contributed by atoms with Crippen LogP contribution in [0.5, 0.6) is 0 Å². The number of hydrogen-bond donors (Lipinski definition) is 3. The Labute approximate surface area is 383 Å². The van der Waals surface area contributed by atoms with Gasteiger partial charge < -0.3 is 30.3 Å². The Bertz CT molecular complexity index is 2400. The summed E-state index contributed by atoms with van der Waals surface area (Å²) in [5.41, 5.74) is 14.6. The van der Waals surface area contributed by atoms with Crippen molar-refractivity contribution >= 4 is 59.3 Å². The smallest absolute Gasteiger partial charge is 0.408 e. The van der Waals surface area contributed by atoms with Crippen molar-refractivity contribution in [2.75, 3.05) is 39.3 Å². The SMILES string of the molecule is CC(C)(C)OC(=O)NCC(=O)N1CCC(=C2c3ccccc3C=Cc3ccccc32)CC1.CCCC(=O)N[C@@H](CO)CC(=O)N1CCC(=C2c3ccccc3C=Cc3ccccc32)CC1. The van der Waals surface area contributed by atoms with Crippen LogP contribution in [0.25, 0.3) is 35.5 Å². The largest absolute Gasteiger partial charge is 0.444 e. The highest BCUT2D eigenvalue weighted by Gasteiger charge is 2.28. The van der Waals surface area contributed by atoms with Gasteiger partial charge in [0.25, 0.3) is 0 Å². The molecule has 2 heterocycles. The number of fused-ring (bicyclic) bond motifs is 4. The molecular formula is C55H62N4O6. The van der Waals surface area contributed by atoms with E-state index in [9.17, 15) is 24.3 Å². The second-order valence-electron chi connectivity index (χ2n) is 18.0. The number of carbonyl (C=O) groups excluding carboxylic acids is 4. The Morgan fingerprint density at radius 2 is 1.00 bits per heavy atom. The maximum absolute atomic E-state index is 12.9. The van der Waals surface area contributed by atoms with Gasteiger partial charge in [-0.3, -0.25) is 14.4 Å². The molecule has 0 bridgehead atoms. The Balaban J connectivity index is 0.000000194. The summed E-state index contributed by atoms with van der Waals surface area (Å²) in [6.45, 7) is 9.64. The molecule has 4 aliphatic rings. The van der Waals surface area contributed by atoms with E-state index < -0.39 is 17.7 Å². The van der Waals surface area contributed by atoms with Crippen molar-refractivity contribution in [3.05, 3.63) is 153 Å². The number of amides is 4. The number of nitrogens with zero attached hydrogens (tertiary/aromatic N) is 2. The molecule has 0 saturated carbocycles. The van der Waals surface area contributed by atoms with Gasteiger partial charge in [-0.15, -0.1) is 0 Å². The van der Waals surface area contributed by atoms with E-state index >= 15 is 0 Å². The lowest BCUT2D eigenvalue weighted by Crippen LogP contribution is -2.44. The zero-order valence-corrected chi connectivity index (χ0v) is 38.2. The Kier molecular flexibility index (Phi) is 15.3. The monoisotopic (exact) mass is 874 g/mol. The summed E-state index contributed by atoms with van der Waals surface area (Å²) in [6, 6.07) is 33.4. The molecule has 2 aliphatic carbocycles. The van der Waals surface area contributed by atoms with Gasteiger partial charge in [-0.05, 0) is 109 Å². The third-order valence-electron chi connectivity index (χ3n) is 12.2. The fourth-order valence-electron chi connectivity index (χ4n) is 9.04. The number of ether oxygens (including phenoxy) is 1. The van der Waals surface area contributed by atoms with Gasteiger partial charge in [0.15, 0.2) is 0 Å².